The number of rotatable bonds is 4. The molecule has 1 saturated heterocycles. The molecule has 37 heavy (non-hydrogen) atoms. The lowest BCUT2D eigenvalue weighted by Gasteiger charge is -2.17. The molecular formula is C25H13BrCl4N2O5. The Kier molecular flexibility index (Phi) is 6.98. The minimum Gasteiger partial charge on any atom is -0.426 e. The highest BCUT2D eigenvalue weighted by molar-refractivity contribution is 9.10. The van der Waals surface area contributed by atoms with Gasteiger partial charge in [-0.1, -0.05) is 68.4 Å². The van der Waals surface area contributed by atoms with Crippen LogP contribution in [0.3, 0.4) is 0 Å². The average molecular weight is 643 g/mol. The Balaban J connectivity index is 1.36. The molecule has 0 saturated carbocycles. The number of esters is 1. The lowest BCUT2D eigenvalue weighted by atomic mass is 10.1. The summed E-state index contributed by atoms with van der Waals surface area (Å²) in [6.07, 6.45) is -0.00842. The first-order chi connectivity index (χ1) is 17.6. The van der Waals surface area contributed by atoms with Crippen molar-refractivity contribution in [3.8, 4) is 5.75 Å². The van der Waals surface area contributed by atoms with Crippen molar-refractivity contribution in [2.75, 3.05) is 16.3 Å². The largest absolute Gasteiger partial charge is 0.426 e. The zero-order valence-corrected chi connectivity index (χ0v) is 23.0. The van der Waals surface area contributed by atoms with Crippen molar-refractivity contribution in [2.45, 2.75) is 6.42 Å². The summed E-state index contributed by atoms with van der Waals surface area (Å²) in [4.78, 5) is 54.0. The molecule has 3 amide bonds. The Labute approximate surface area is 238 Å². The third kappa shape index (κ3) is 4.51. The summed E-state index contributed by atoms with van der Waals surface area (Å²) in [7, 11) is 0. The Morgan fingerprint density at radius 3 is 2.03 bits per heavy atom. The van der Waals surface area contributed by atoms with Crippen LogP contribution in [0.5, 0.6) is 5.75 Å². The molecule has 1 fully saturated rings. The molecule has 5 rings (SSSR count). The van der Waals surface area contributed by atoms with Gasteiger partial charge in [0.05, 0.1) is 42.8 Å². The summed E-state index contributed by atoms with van der Waals surface area (Å²) in [5, 5.41) is -0.645. The number of hydrogen-bond acceptors (Lipinski definition) is 5. The highest BCUT2D eigenvalue weighted by Crippen LogP contribution is 2.46. The van der Waals surface area contributed by atoms with Crippen LogP contribution in [-0.2, 0) is 9.59 Å². The normalized spacial score (nSPS) is 17.0. The first kappa shape index (κ1) is 26.0. The van der Waals surface area contributed by atoms with E-state index in [1.807, 2.05) is 0 Å². The summed E-state index contributed by atoms with van der Waals surface area (Å²) in [6.45, 7) is 0.163. The second-order valence-electron chi connectivity index (χ2n) is 8.25. The van der Waals surface area contributed by atoms with E-state index in [2.05, 4.69) is 15.9 Å². The van der Waals surface area contributed by atoms with Gasteiger partial charge in [-0.05, 0) is 36.4 Å². The fraction of sp³-hybridized carbons (Fsp3) is 0.120. The first-order valence-electron chi connectivity index (χ1n) is 10.7. The molecule has 0 radical (unpaired) electrons. The number of nitrogens with zero attached hydrogens (tertiary/aromatic N) is 2. The molecule has 2 heterocycles. The van der Waals surface area contributed by atoms with Gasteiger partial charge < -0.3 is 9.64 Å². The van der Waals surface area contributed by atoms with Gasteiger partial charge in [-0.3, -0.25) is 19.2 Å². The summed E-state index contributed by atoms with van der Waals surface area (Å²) in [5.74, 6) is -2.92. The van der Waals surface area contributed by atoms with Gasteiger partial charge >= 0.3 is 5.97 Å². The summed E-state index contributed by atoms with van der Waals surface area (Å²) >= 11 is 27.9. The zero-order valence-electron chi connectivity index (χ0n) is 18.4. The van der Waals surface area contributed by atoms with Crippen molar-refractivity contribution >= 4 is 97.4 Å². The van der Waals surface area contributed by atoms with Crippen LogP contribution in [0.4, 0.5) is 11.4 Å². The van der Waals surface area contributed by atoms with Crippen molar-refractivity contribution in [3.05, 3.63) is 84.2 Å². The second-order valence-corrected chi connectivity index (χ2v) is 10.7. The van der Waals surface area contributed by atoms with E-state index in [0.29, 0.717) is 5.69 Å². The lowest BCUT2D eigenvalue weighted by molar-refractivity contribution is -0.139. The van der Waals surface area contributed by atoms with Gasteiger partial charge in [0.15, 0.2) is 0 Å². The first-order valence-corrected chi connectivity index (χ1v) is 13.0. The number of hydrogen-bond donors (Lipinski definition) is 0. The Morgan fingerprint density at radius 2 is 1.43 bits per heavy atom. The number of amides is 3. The molecule has 188 valence electrons. The molecule has 0 unspecified atom stereocenters. The van der Waals surface area contributed by atoms with Gasteiger partial charge in [-0.2, -0.15) is 0 Å². The quantitative estimate of drug-likeness (QED) is 0.103. The number of carbonyl (C=O) groups excluding carboxylic acids is 4. The van der Waals surface area contributed by atoms with Crippen LogP contribution >= 0.6 is 62.3 Å². The van der Waals surface area contributed by atoms with Crippen LogP contribution in [0.25, 0.3) is 0 Å². The van der Waals surface area contributed by atoms with E-state index in [-0.39, 0.29) is 61.5 Å². The fourth-order valence-corrected chi connectivity index (χ4v) is 5.48. The average Bonchev–Trinajstić information content (AvgIpc) is 3.39. The van der Waals surface area contributed by atoms with E-state index in [0.717, 1.165) is 9.37 Å². The summed E-state index contributed by atoms with van der Waals surface area (Å²) in [5.41, 5.74) is 0.473. The van der Waals surface area contributed by atoms with Crippen LogP contribution in [0.1, 0.15) is 27.1 Å². The van der Waals surface area contributed by atoms with Crippen molar-refractivity contribution in [1.82, 2.24) is 0 Å². The lowest BCUT2D eigenvalue weighted by Crippen LogP contribution is -2.29. The van der Waals surface area contributed by atoms with Crippen molar-refractivity contribution < 1.29 is 23.9 Å². The molecule has 3 aromatic carbocycles. The number of carbonyl (C=O) groups is 4. The van der Waals surface area contributed by atoms with Crippen LogP contribution in [0, 0.1) is 5.92 Å². The molecule has 0 aromatic heterocycles. The maximum absolute atomic E-state index is 13.1. The van der Waals surface area contributed by atoms with E-state index in [9.17, 15) is 19.2 Å². The molecule has 0 aliphatic carbocycles. The van der Waals surface area contributed by atoms with Crippen LogP contribution in [0.15, 0.2) is 53.0 Å². The van der Waals surface area contributed by atoms with Crippen LogP contribution < -0.4 is 14.5 Å². The molecule has 3 aromatic rings. The molecule has 12 heteroatoms. The smallest absolute Gasteiger partial charge is 0.316 e. The maximum atomic E-state index is 13.1. The number of ether oxygens (including phenoxy) is 1. The summed E-state index contributed by atoms with van der Waals surface area (Å²) < 4.78 is 6.38. The number of imide groups is 1. The van der Waals surface area contributed by atoms with E-state index in [1.54, 1.807) is 24.3 Å². The predicted molar refractivity (Wildman–Crippen MR) is 144 cm³/mol. The van der Waals surface area contributed by atoms with Crippen LogP contribution in [0.2, 0.25) is 20.1 Å². The molecule has 1 atom stereocenters. The number of fused-ring (bicyclic) bond motifs is 1. The highest BCUT2D eigenvalue weighted by Gasteiger charge is 2.43. The Morgan fingerprint density at radius 1 is 0.838 bits per heavy atom. The number of halogens is 5. The third-order valence-corrected chi connectivity index (χ3v) is 8.32. The minimum absolute atomic E-state index is 0.00842. The van der Waals surface area contributed by atoms with Crippen molar-refractivity contribution in [1.29, 1.82) is 0 Å². The topological polar surface area (TPSA) is 84.0 Å². The monoisotopic (exact) mass is 640 g/mol. The van der Waals surface area contributed by atoms with E-state index in [1.165, 1.54) is 29.2 Å². The Hall–Kier alpha value is -2.62. The summed E-state index contributed by atoms with van der Waals surface area (Å²) in [6, 6.07) is 13.0. The highest BCUT2D eigenvalue weighted by atomic mass is 79.9. The Bertz CT molecular complexity index is 1460. The maximum Gasteiger partial charge on any atom is 0.316 e. The van der Waals surface area contributed by atoms with Gasteiger partial charge in [0.2, 0.25) is 5.91 Å². The van der Waals surface area contributed by atoms with E-state index in [4.69, 9.17) is 51.1 Å². The van der Waals surface area contributed by atoms with Gasteiger partial charge in [-0.25, -0.2) is 4.90 Å². The van der Waals surface area contributed by atoms with Crippen LogP contribution in [-0.4, -0.2) is 30.2 Å². The second kappa shape index (κ2) is 9.93. The van der Waals surface area contributed by atoms with E-state index < -0.39 is 23.7 Å². The van der Waals surface area contributed by atoms with Gasteiger partial charge in [0.1, 0.15) is 5.75 Å². The zero-order chi connectivity index (χ0) is 26.6. The molecular weight excluding hydrogens is 630 g/mol. The van der Waals surface area contributed by atoms with Gasteiger partial charge in [-0.15, -0.1) is 0 Å². The molecule has 0 N–H and O–H groups in total. The molecule has 2 aliphatic rings. The third-order valence-electron chi connectivity index (χ3n) is 5.99. The van der Waals surface area contributed by atoms with Gasteiger partial charge in [0.25, 0.3) is 11.8 Å². The fourth-order valence-electron chi connectivity index (χ4n) is 4.21. The molecule has 0 bridgehead atoms. The molecule has 0 spiro atoms. The van der Waals surface area contributed by atoms with Gasteiger partial charge in [0, 0.05) is 29.2 Å². The molecule has 2 aliphatic heterocycles. The van der Waals surface area contributed by atoms with E-state index >= 15 is 0 Å². The minimum atomic E-state index is -0.750. The molecule has 7 nitrogen and oxygen atoms in total. The van der Waals surface area contributed by atoms with Crippen molar-refractivity contribution in [3.63, 3.8) is 0 Å². The predicted octanol–water partition coefficient (Wildman–Crippen LogP) is 6.82. The SMILES string of the molecule is O=C(Oc1cccc(N2C(=O)c3c(Cl)c(Cl)c(Cl)c(Cl)c3C2=O)c1)[C@@H]1CC(=O)N(c2ccc(Br)cc2)C1. The number of benzene rings is 3. The van der Waals surface area contributed by atoms with Crippen molar-refractivity contribution in [2.24, 2.45) is 5.92 Å². The number of anilines is 2. The standard InChI is InChI=1S/C25H13BrCl4N2O5/c26-12-4-6-13(7-5-12)31-10-11(8-16(31)33)25(36)37-15-3-1-2-14(9-15)32-23(34)17-18(24(32)35)20(28)22(30)21(29)19(17)27/h1-7,9,11H,8,10H2/t11-/m1/s1.